The lowest BCUT2D eigenvalue weighted by molar-refractivity contribution is -0.118. The summed E-state index contributed by atoms with van der Waals surface area (Å²) in [4.78, 5) is 11.6. The van der Waals surface area contributed by atoms with Crippen LogP contribution < -0.4 is 11.1 Å². The van der Waals surface area contributed by atoms with Gasteiger partial charge in [-0.1, -0.05) is 25.6 Å². The number of anilines is 1. The van der Waals surface area contributed by atoms with Crippen LogP contribution in [0.15, 0.2) is 5.16 Å². The summed E-state index contributed by atoms with van der Waals surface area (Å²) in [5.41, 5.74) is 5.76. The van der Waals surface area contributed by atoms with Crippen LogP contribution in [-0.4, -0.2) is 33.0 Å². The molecule has 1 aromatic rings. The van der Waals surface area contributed by atoms with Gasteiger partial charge in [0.05, 0.1) is 5.75 Å². The van der Waals surface area contributed by atoms with Crippen molar-refractivity contribution in [2.45, 2.75) is 37.9 Å². The van der Waals surface area contributed by atoms with Gasteiger partial charge in [-0.25, -0.2) is 0 Å². The summed E-state index contributed by atoms with van der Waals surface area (Å²) in [5, 5.41) is 11.5. The predicted molar refractivity (Wildman–Crippen MR) is 71.3 cm³/mol. The molecule has 1 heterocycles. The number of carbonyl (C=O) groups is 1. The Kier molecular flexibility index (Phi) is 4.11. The molecule has 3 N–H and O–H groups in total. The summed E-state index contributed by atoms with van der Waals surface area (Å²) in [5.74, 6) is 1.29. The molecule has 2 rings (SSSR count). The van der Waals surface area contributed by atoms with Crippen molar-refractivity contribution in [2.75, 3.05) is 18.0 Å². The van der Waals surface area contributed by atoms with Crippen molar-refractivity contribution >= 4 is 23.6 Å². The maximum atomic E-state index is 11.6. The molecular formula is C11H19N5OS. The number of carbonyl (C=O) groups excluding carboxylic acids is 1. The van der Waals surface area contributed by atoms with Gasteiger partial charge in [-0.2, -0.15) is 0 Å². The van der Waals surface area contributed by atoms with Crippen LogP contribution >= 0.6 is 11.8 Å². The molecular weight excluding hydrogens is 250 g/mol. The Morgan fingerprint density at radius 3 is 2.89 bits per heavy atom. The molecule has 7 heteroatoms. The molecule has 0 spiro atoms. The molecule has 0 unspecified atom stereocenters. The minimum Gasteiger partial charge on any atom is -0.368 e. The zero-order chi connectivity index (χ0) is 13.1. The van der Waals surface area contributed by atoms with Crippen molar-refractivity contribution in [3.8, 4) is 0 Å². The van der Waals surface area contributed by atoms with Crippen molar-refractivity contribution in [2.24, 2.45) is 5.92 Å². The number of nitrogens with two attached hydrogens (primary N) is 1. The van der Waals surface area contributed by atoms with E-state index >= 15 is 0 Å². The largest absolute Gasteiger partial charge is 0.368 e. The maximum absolute atomic E-state index is 11.6. The summed E-state index contributed by atoms with van der Waals surface area (Å²) >= 11 is 1.39. The quantitative estimate of drug-likeness (QED) is 0.754. The Morgan fingerprint density at radius 2 is 2.28 bits per heavy atom. The first-order valence-electron chi connectivity index (χ1n) is 6.17. The van der Waals surface area contributed by atoms with Gasteiger partial charge in [0.2, 0.25) is 11.9 Å². The fraction of sp³-hybridized carbons (Fsp3) is 0.727. The van der Waals surface area contributed by atoms with Gasteiger partial charge < -0.3 is 11.1 Å². The fourth-order valence-electron chi connectivity index (χ4n) is 1.56. The third-order valence-electron chi connectivity index (χ3n) is 2.64. The number of thioether (sulfide) groups is 1. The molecule has 18 heavy (non-hydrogen) atoms. The minimum atomic E-state index is 0.0256. The number of nitrogens with zero attached hydrogens (tertiary/aromatic N) is 3. The van der Waals surface area contributed by atoms with Crippen molar-refractivity contribution in [3.63, 3.8) is 0 Å². The SMILES string of the molecule is CC(C)CNC(=O)CSc1nnc(N)n1C1CC1. The molecule has 1 amide bonds. The van der Waals surface area contributed by atoms with Crippen molar-refractivity contribution in [1.29, 1.82) is 0 Å². The Hall–Kier alpha value is -1.24. The molecule has 0 saturated heterocycles. The molecule has 0 aliphatic heterocycles. The third-order valence-corrected chi connectivity index (χ3v) is 3.59. The minimum absolute atomic E-state index is 0.0256. The van der Waals surface area contributed by atoms with E-state index in [2.05, 4.69) is 29.4 Å². The zero-order valence-electron chi connectivity index (χ0n) is 10.7. The Labute approximate surface area is 111 Å². The van der Waals surface area contributed by atoms with Gasteiger partial charge in [-0.05, 0) is 18.8 Å². The molecule has 1 aliphatic carbocycles. The molecule has 1 aromatic heterocycles. The second-order valence-electron chi connectivity index (χ2n) is 4.93. The second-order valence-corrected chi connectivity index (χ2v) is 5.87. The zero-order valence-corrected chi connectivity index (χ0v) is 11.5. The van der Waals surface area contributed by atoms with Gasteiger partial charge in [-0.15, -0.1) is 10.2 Å². The number of amides is 1. The topological polar surface area (TPSA) is 85.8 Å². The summed E-state index contributed by atoms with van der Waals surface area (Å²) in [6.45, 7) is 4.84. The Balaban J connectivity index is 1.84. The summed E-state index contributed by atoms with van der Waals surface area (Å²) < 4.78 is 1.93. The van der Waals surface area contributed by atoms with Gasteiger partial charge >= 0.3 is 0 Å². The smallest absolute Gasteiger partial charge is 0.230 e. The predicted octanol–water partition coefficient (Wildman–Crippen LogP) is 1.06. The molecule has 0 bridgehead atoms. The number of hydrogen-bond acceptors (Lipinski definition) is 5. The van der Waals surface area contributed by atoms with Gasteiger partial charge in [0.25, 0.3) is 0 Å². The van der Waals surface area contributed by atoms with E-state index in [1.807, 2.05) is 4.57 Å². The van der Waals surface area contributed by atoms with Gasteiger partial charge in [0, 0.05) is 12.6 Å². The highest BCUT2D eigenvalue weighted by atomic mass is 32.2. The number of hydrogen-bond donors (Lipinski definition) is 2. The van der Waals surface area contributed by atoms with E-state index in [0.29, 0.717) is 30.2 Å². The van der Waals surface area contributed by atoms with Gasteiger partial charge in [0.1, 0.15) is 0 Å². The van der Waals surface area contributed by atoms with E-state index in [1.165, 1.54) is 11.8 Å². The average molecular weight is 269 g/mol. The lowest BCUT2D eigenvalue weighted by Gasteiger charge is -2.08. The summed E-state index contributed by atoms with van der Waals surface area (Å²) in [6, 6.07) is 0.432. The van der Waals surface area contributed by atoms with Crippen LogP contribution in [0, 0.1) is 5.92 Å². The lowest BCUT2D eigenvalue weighted by atomic mass is 10.2. The van der Waals surface area contributed by atoms with Crippen LogP contribution in [0.1, 0.15) is 32.7 Å². The van der Waals surface area contributed by atoms with E-state index in [0.717, 1.165) is 18.0 Å². The standard InChI is InChI=1S/C11H19N5OS/c1-7(2)5-13-9(17)6-18-11-15-14-10(12)16(11)8-3-4-8/h7-8H,3-6H2,1-2H3,(H2,12,14)(H,13,17). The highest BCUT2D eigenvalue weighted by Gasteiger charge is 2.28. The summed E-state index contributed by atoms with van der Waals surface area (Å²) in [7, 11) is 0. The maximum Gasteiger partial charge on any atom is 0.230 e. The number of rotatable bonds is 6. The van der Waals surface area contributed by atoms with Crippen LogP contribution in [0.2, 0.25) is 0 Å². The molecule has 6 nitrogen and oxygen atoms in total. The normalized spacial score (nSPS) is 15.1. The highest BCUT2D eigenvalue weighted by Crippen LogP contribution is 2.39. The lowest BCUT2D eigenvalue weighted by Crippen LogP contribution is -2.28. The van der Waals surface area contributed by atoms with E-state index < -0.39 is 0 Å². The molecule has 1 saturated carbocycles. The third kappa shape index (κ3) is 3.38. The second kappa shape index (κ2) is 5.60. The molecule has 0 aromatic carbocycles. The molecule has 0 atom stereocenters. The monoisotopic (exact) mass is 269 g/mol. The van der Waals surface area contributed by atoms with Crippen LogP contribution in [0.4, 0.5) is 5.95 Å². The molecule has 100 valence electrons. The van der Waals surface area contributed by atoms with E-state index in [1.54, 1.807) is 0 Å². The van der Waals surface area contributed by atoms with E-state index in [4.69, 9.17) is 5.73 Å². The highest BCUT2D eigenvalue weighted by molar-refractivity contribution is 7.99. The van der Waals surface area contributed by atoms with Crippen LogP contribution in [0.25, 0.3) is 0 Å². The number of nitrogens with one attached hydrogen (secondary N) is 1. The Bertz CT molecular complexity index is 427. The average Bonchev–Trinajstić information content (AvgIpc) is 3.08. The van der Waals surface area contributed by atoms with Crippen LogP contribution in [0.3, 0.4) is 0 Å². The molecule has 1 fully saturated rings. The van der Waals surface area contributed by atoms with E-state index in [9.17, 15) is 4.79 Å². The first-order chi connectivity index (χ1) is 8.58. The van der Waals surface area contributed by atoms with Crippen molar-refractivity contribution in [3.05, 3.63) is 0 Å². The molecule has 0 radical (unpaired) electrons. The van der Waals surface area contributed by atoms with Crippen molar-refractivity contribution < 1.29 is 4.79 Å². The van der Waals surface area contributed by atoms with Crippen molar-refractivity contribution in [1.82, 2.24) is 20.1 Å². The first-order valence-corrected chi connectivity index (χ1v) is 7.16. The number of aromatic nitrogens is 3. The van der Waals surface area contributed by atoms with Gasteiger partial charge in [-0.3, -0.25) is 9.36 Å². The van der Waals surface area contributed by atoms with Crippen LogP contribution in [-0.2, 0) is 4.79 Å². The van der Waals surface area contributed by atoms with Gasteiger partial charge in [0.15, 0.2) is 5.16 Å². The number of nitrogen functional groups attached to an aromatic ring is 1. The van der Waals surface area contributed by atoms with E-state index in [-0.39, 0.29) is 5.91 Å². The first kappa shape index (κ1) is 13.2. The Morgan fingerprint density at radius 1 is 1.56 bits per heavy atom. The fourth-order valence-corrected chi connectivity index (χ4v) is 2.40. The molecule has 1 aliphatic rings. The van der Waals surface area contributed by atoms with Crippen LogP contribution in [0.5, 0.6) is 0 Å². The summed E-state index contributed by atoms with van der Waals surface area (Å²) in [6.07, 6.45) is 2.24.